The maximum absolute atomic E-state index is 12.5. The standard InChI is InChI=1S/C14H24N4O4/c1-16-5-7-17(8-6-16)10-12(19)18-4-3-15-14(21)11(18)9-13(20)22-2/h11H,3-10H2,1-2H3,(H,15,21)/t11-/m1/s1. The third-order valence-electron chi connectivity index (χ3n) is 4.19. The fraction of sp³-hybridized carbons (Fsp3) is 0.786. The molecule has 1 N–H and O–H groups in total. The molecule has 0 bridgehead atoms. The van der Waals surface area contributed by atoms with Gasteiger partial charge in [-0.05, 0) is 7.05 Å². The summed E-state index contributed by atoms with van der Waals surface area (Å²) in [6, 6.07) is -0.763. The first-order chi connectivity index (χ1) is 10.5. The molecule has 0 unspecified atom stereocenters. The number of ether oxygens (including phenoxy) is 1. The first-order valence-corrected chi connectivity index (χ1v) is 7.56. The van der Waals surface area contributed by atoms with E-state index in [0.717, 1.165) is 26.2 Å². The molecule has 0 saturated carbocycles. The van der Waals surface area contributed by atoms with Crippen molar-refractivity contribution >= 4 is 17.8 Å². The van der Waals surface area contributed by atoms with Crippen LogP contribution in [0.3, 0.4) is 0 Å². The van der Waals surface area contributed by atoms with Crippen molar-refractivity contribution in [2.24, 2.45) is 0 Å². The maximum atomic E-state index is 12.5. The summed E-state index contributed by atoms with van der Waals surface area (Å²) in [7, 11) is 3.33. The molecule has 2 saturated heterocycles. The minimum absolute atomic E-state index is 0.100. The quantitative estimate of drug-likeness (QED) is 0.612. The topological polar surface area (TPSA) is 82.2 Å². The molecular formula is C14H24N4O4. The Morgan fingerprint density at radius 1 is 1.23 bits per heavy atom. The highest BCUT2D eigenvalue weighted by Crippen LogP contribution is 2.11. The van der Waals surface area contributed by atoms with Crippen molar-refractivity contribution in [3.05, 3.63) is 0 Å². The van der Waals surface area contributed by atoms with Crippen LogP contribution in [0.15, 0.2) is 0 Å². The second-order valence-electron chi connectivity index (χ2n) is 5.75. The summed E-state index contributed by atoms with van der Waals surface area (Å²) in [6.07, 6.45) is -0.100. The predicted octanol–water partition coefficient (Wildman–Crippen LogP) is -1.88. The van der Waals surface area contributed by atoms with E-state index in [2.05, 4.69) is 26.9 Å². The summed E-state index contributed by atoms with van der Waals surface area (Å²) in [6.45, 7) is 4.68. The summed E-state index contributed by atoms with van der Waals surface area (Å²) < 4.78 is 4.62. The number of hydrogen-bond donors (Lipinski definition) is 1. The molecule has 8 nitrogen and oxygen atoms in total. The lowest BCUT2D eigenvalue weighted by molar-refractivity contribution is -0.150. The average Bonchev–Trinajstić information content (AvgIpc) is 2.51. The van der Waals surface area contributed by atoms with Crippen molar-refractivity contribution in [2.45, 2.75) is 12.5 Å². The van der Waals surface area contributed by atoms with Gasteiger partial charge in [0.15, 0.2) is 0 Å². The zero-order valence-corrected chi connectivity index (χ0v) is 13.2. The van der Waals surface area contributed by atoms with E-state index in [1.165, 1.54) is 12.0 Å². The van der Waals surface area contributed by atoms with Gasteiger partial charge in [0.2, 0.25) is 11.8 Å². The minimum Gasteiger partial charge on any atom is -0.469 e. The van der Waals surface area contributed by atoms with Crippen molar-refractivity contribution in [3.63, 3.8) is 0 Å². The number of esters is 1. The molecule has 2 aliphatic rings. The first-order valence-electron chi connectivity index (χ1n) is 7.56. The summed E-state index contributed by atoms with van der Waals surface area (Å²) in [5.74, 6) is -0.879. The Balaban J connectivity index is 1.95. The average molecular weight is 312 g/mol. The molecule has 0 spiro atoms. The summed E-state index contributed by atoms with van der Waals surface area (Å²) >= 11 is 0. The normalized spacial score (nSPS) is 24.0. The molecule has 8 heteroatoms. The number of hydrogen-bond acceptors (Lipinski definition) is 6. The molecule has 0 aromatic rings. The second kappa shape index (κ2) is 7.55. The van der Waals surface area contributed by atoms with Gasteiger partial charge in [-0.25, -0.2) is 0 Å². The van der Waals surface area contributed by atoms with Gasteiger partial charge in [-0.3, -0.25) is 19.3 Å². The van der Waals surface area contributed by atoms with Crippen molar-refractivity contribution in [3.8, 4) is 0 Å². The van der Waals surface area contributed by atoms with E-state index in [-0.39, 0.29) is 18.2 Å². The molecule has 2 fully saturated rings. The first kappa shape index (κ1) is 16.7. The maximum Gasteiger partial charge on any atom is 0.308 e. The van der Waals surface area contributed by atoms with Crippen molar-refractivity contribution in [1.82, 2.24) is 20.0 Å². The number of carbonyl (C=O) groups excluding carboxylic acids is 3. The van der Waals surface area contributed by atoms with Crippen LogP contribution in [-0.4, -0.2) is 98.5 Å². The lowest BCUT2D eigenvalue weighted by atomic mass is 10.1. The molecule has 0 aromatic heterocycles. The Morgan fingerprint density at radius 2 is 1.91 bits per heavy atom. The smallest absolute Gasteiger partial charge is 0.308 e. The van der Waals surface area contributed by atoms with Crippen LogP contribution in [0.4, 0.5) is 0 Å². The molecule has 0 radical (unpaired) electrons. The highest BCUT2D eigenvalue weighted by molar-refractivity contribution is 5.92. The molecule has 2 aliphatic heterocycles. The van der Waals surface area contributed by atoms with Gasteiger partial charge in [-0.15, -0.1) is 0 Å². The highest BCUT2D eigenvalue weighted by atomic mass is 16.5. The number of likely N-dealkylation sites (N-methyl/N-ethyl adjacent to an activating group) is 1. The molecule has 2 rings (SSSR count). The number of rotatable bonds is 4. The Hall–Kier alpha value is -1.67. The Labute approximate surface area is 130 Å². The molecule has 124 valence electrons. The number of nitrogens with zero attached hydrogens (tertiary/aromatic N) is 3. The second-order valence-corrected chi connectivity index (χ2v) is 5.75. The monoisotopic (exact) mass is 312 g/mol. The van der Waals surface area contributed by atoms with Gasteiger partial charge < -0.3 is 19.9 Å². The molecule has 2 amide bonds. The third-order valence-corrected chi connectivity index (χ3v) is 4.19. The zero-order chi connectivity index (χ0) is 16.1. The van der Waals surface area contributed by atoms with Crippen LogP contribution >= 0.6 is 0 Å². The van der Waals surface area contributed by atoms with Gasteiger partial charge >= 0.3 is 5.97 Å². The molecular weight excluding hydrogens is 288 g/mol. The number of piperazine rings is 2. The van der Waals surface area contributed by atoms with Crippen molar-refractivity contribution < 1.29 is 19.1 Å². The van der Waals surface area contributed by atoms with E-state index in [9.17, 15) is 14.4 Å². The van der Waals surface area contributed by atoms with E-state index < -0.39 is 12.0 Å². The number of nitrogens with one attached hydrogen (secondary N) is 1. The molecule has 2 heterocycles. The minimum atomic E-state index is -0.763. The van der Waals surface area contributed by atoms with Crippen LogP contribution in [0.1, 0.15) is 6.42 Å². The van der Waals surface area contributed by atoms with E-state index in [0.29, 0.717) is 19.6 Å². The van der Waals surface area contributed by atoms with Crippen LogP contribution < -0.4 is 5.32 Å². The summed E-state index contributed by atoms with van der Waals surface area (Å²) in [5.41, 5.74) is 0. The van der Waals surface area contributed by atoms with Gasteiger partial charge in [0, 0.05) is 39.3 Å². The van der Waals surface area contributed by atoms with E-state index in [4.69, 9.17) is 0 Å². The Bertz CT molecular complexity index is 435. The highest BCUT2D eigenvalue weighted by Gasteiger charge is 2.35. The fourth-order valence-electron chi connectivity index (χ4n) is 2.75. The predicted molar refractivity (Wildman–Crippen MR) is 79.1 cm³/mol. The molecule has 22 heavy (non-hydrogen) atoms. The molecule has 0 aliphatic carbocycles. The third kappa shape index (κ3) is 4.17. The van der Waals surface area contributed by atoms with Crippen LogP contribution in [0.2, 0.25) is 0 Å². The zero-order valence-electron chi connectivity index (χ0n) is 13.2. The van der Waals surface area contributed by atoms with E-state index >= 15 is 0 Å². The fourth-order valence-corrected chi connectivity index (χ4v) is 2.75. The summed E-state index contributed by atoms with van der Waals surface area (Å²) in [4.78, 5) is 41.8. The van der Waals surface area contributed by atoms with Gasteiger partial charge in [0.1, 0.15) is 6.04 Å². The van der Waals surface area contributed by atoms with Crippen LogP contribution in [0.25, 0.3) is 0 Å². The number of carbonyl (C=O) groups is 3. The van der Waals surface area contributed by atoms with E-state index in [1.807, 2.05) is 0 Å². The Morgan fingerprint density at radius 3 is 2.55 bits per heavy atom. The SMILES string of the molecule is COC(=O)C[C@@H]1C(=O)NCCN1C(=O)CN1CCN(C)CC1. The van der Waals surface area contributed by atoms with Crippen LogP contribution in [0.5, 0.6) is 0 Å². The van der Waals surface area contributed by atoms with Gasteiger partial charge in [0.05, 0.1) is 20.1 Å². The van der Waals surface area contributed by atoms with Crippen LogP contribution in [0, 0.1) is 0 Å². The van der Waals surface area contributed by atoms with Crippen molar-refractivity contribution in [2.75, 3.05) is 60.0 Å². The Kier molecular flexibility index (Phi) is 5.73. The van der Waals surface area contributed by atoms with Crippen molar-refractivity contribution in [1.29, 1.82) is 0 Å². The number of methoxy groups -OCH3 is 1. The molecule has 1 atom stereocenters. The lowest BCUT2D eigenvalue weighted by Gasteiger charge is -2.37. The summed E-state index contributed by atoms with van der Waals surface area (Å²) in [5, 5.41) is 2.69. The van der Waals surface area contributed by atoms with Crippen LogP contribution in [-0.2, 0) is 19.1 Å². The van der Waals surface area contributed by atoms with E-state index in [1.54, 1.807) is 0 Å². The van der Waals surface area contributed by atoms with Gasteiger partial charge in [-0.1, -0.05) is 0 Å². The molecule has 0 aromatic carbocycles. The number of amides is 2. The van der Waals surface area contributed by atoms with Gasteiger partial charge in [0.25, 0.3) is 0 Å². The van der Waals surface area contributed by atoms with Gasteiger partial charge in [-0.2, -0.15) is 0 Å². The lowest BCUT2D eigenvalue weighted by Crippen LogP contribution is -2.60. The largest absolute Gasteiger partial charge is 0.469 e.